The molecule has 0 aliphatic rings. The molecule has 9 heteroatoms. The third-order valence-corrected chi connectivity index (χ3v) is 3.35. The van der Waals surface area contributed by atoms with Gasteiger partial charge in [0.2, 0.25) is 0 Å². The van der Waals surface area contributed by atoms with Gasteiger partial charge in [-0.05, 0) is 26.3 Å². The van der Waals surface area contributed by atoms with E-state index in [1.54, 1.807) is 13.8 Å². The van der Waals surface area contributed by atoms with Crippen molar-refractivity contribution in [2.45, 2.75) is 20.8 Å². The van der Waals surface area contributed by atoms with E-state index in [0.29, 0.717) is 5.57 Å². The smallest absolute Gasteiger partial charge is 0.409 e. The lowest BCUT2D eigenvalue weighted by Crippen LogP contribution is -1.93. The van der Waals surface area contributed by atoms with Gasteiger partial charge in [0.25, 0.3) is 0 Å². The molecule has 0 bridgehead atoms. The highest BCUT2D eigenvalue weighted by Crippen LogP contribution is 2.58. The van der Waals surface area contributed by atoms with Crippen LogP contribution < -0.4 is 0 Å². The summed E-state index contributed by atoms with van der Waals surface area (Å²) in [7, 11) is -9.78. The number of hydrogen-bond donors (Lipinski definition) is 3. The summed E-state index contributed by atoms with van der Waals surface area (Å²) in [6.07, 6.45) is 0. The second-order valence-electron chi connectivity index (χ2n) is 2.69. The van der Waals surface area contributed by atoms with Crippen LogP contribution in [0.5, 0.6) is 0 Å². The van der Waals surface area contributed by atoms with E-state index < -0.39 is 15.6 Å². The fourth-order valence-electron chi connectivity index (χ4n) is 0.415. The number of rotatable bonds is 4. The number of hydrogen-bond acceptors (Lipinski definition) is 4. The Bertz CT molecular complexity index is 323. The Hall–Kier alpha value is -0.160. The van der Waals surface area contributed by atoms with E-state index in [-0.39, 0.29) is 5.76 Å². The highest BCUT2D eigenvalue weighted by Gasteiger charge is 2.33. The zero-order valence-electron chi connectivity index (χ0n) is 7.87. The van der Waals surface area contributed by atoms with Gasteiger partial charge < -0.3 is 14.3 Å². The van der Waals surface area contributed by atoms with Crippen molar-refractivity contribution in [2.24, 2.45) is 0 Å². The molecule has 0 aliphatic heterocycles. The zero-order chi connectivity index (χ0) is 11.6. The minimum atomic E-state index is -5.03. The summed E-state index contributed by atoms with van der Waals surface area (Å²) in [5.41, 5.74) is 0.591. The van der Waals surface area contributed by atoms with Crippen LogP contribution in [0.4, 0.5) is 0 Å². The van der Waals surface area contributed by atoms with Gasteiger partial charge in [-0.3, -0.25) is 4.89 Å². The zero-order valence-corrected chi connectivity index (χ0v) is 9.66. The van der Waals surface area contributed by atoms with Gasteiger partial charge in [0, 0.05) is 0 Å². The molecule has 3 N–H and O–H groups in total. The van der Waals surface area contributed by atoms with Gasteiger partial charge in [-0.25, -0.2) is 9.13 Å². The topological polar surface area (TPSA) is 113 Å². The summed E-state index contributed by atoms with van der Waals surface area (Å²) < 4.78 is 29.1. The van der Waals surface area contributed by atoms with E-state index in [9.17, 15) is 9.13 Å². The molecule has 84 valence electrons. The molecule has 0 amide bonds. The number of phosphoric ester groups is 1. The van der Waals surface area contributed by atoms with Gasteiger partial charge in [0.15, 0.2) is 0 Å². The van der Waals surface area contributed by atoms with Crippen LogP contribution in [0.15, 0.2) is 11.3 Å². The summed E-state index contributed by atoms with van der Waals surface area (Å²) in [5, 5.41) is 0. The maximum absolute atomic E-state index is 10.9. The lowest BCUT2D eigenvalue weighted by molar-refractivity contribution is 0.207. The van der Waals surface area contributed by atoms with Crippen LogP contribution in [0.25, 0.3) is 0 Å². The van der Waals surface area contributed by atoms with Crippen molar-refractivity contribution >= 4 is 15.6 Å². The third-order valence-electron chi connectivity index (χ3n) is 1.17. The minimum Gasteiger partial charge on any atom is -0.409 e. The van der Waals surface area contributed by atoms with Gasteiger partial charge in [0.05, 0.1) is 0 Å². The van der Waals surface area contributed by atoms with E-state index in [0.717, 1.165) is 0 Å². The molecule has 0 aromatic carbocycles. The van der Waals surface area contributed by atoms with E-state index >= 15 is 0 Å². The first-order valence-corrected chi connectivity index (χ1v) is 6.49. The fraction of sp³-hybridized carbons (Fsp3) is 0.600. The fourth-order valence-corrected chi connectivity index (χ4v) is 2.15. The van der Waals surface area contributed by atoms with Gasteiger partial charge in [-0.1, -0.05) is 0 Å². The maximum Gasteiger partial charge on any atom is 0.536 e. The molecule has 1 unspecified atom stereocenters. The summed E-state index contributed by atoms with van der Waals surface area (Å²) in [5.74, 6) is 0.0734. The lowest BCUT2D eigenvalue weighted by atomic mass is 10.3. The lowest BCUT2D eigenvalue weighted by Gasteiger charge is -2.14. The molecule has 7 nitrogen and oxygen atoms in total. The summed E-state index contributed by atoms with van der Waals surface area (Å²) in [6, 6.07) is 0. The van der Waals surface area contributed by atoms with E-state index in [4.69, 9.17) is 14.7 Å². The van der Waals surface area contributed by atoms with Gasteiger partial charge in [-0.2, -0.15) is 4.31 Å². The number of phosphoric acid groups is 2. The molecule has 0 spiro atoms. The maximum atomic E-state index is 10.9. The number of allylic oxidation sites excluding steroid dienone is 2. The third kappa shape index (κ3) is 6.32. The summed E-state index contributed by atoms with van der Waals surface area (Å²) >= 11 is 0. The van der Waals surface area contributed by atoms with Crippen LogP contribution in [0, 0.1) is 0 Å². The molecule has 0 saturated heterocycles. The van der Waals surface area contributed by atoms with Crippen molar-refractivity contribution < 1.29 is 32.6 Å². The molecule has 0 aromatic heterocycles. The van der Waals surface area contributed by atoms with Crippen molar-refractivity contribution in [3.8, 4) is 0 Å². The Morgan fingerprint density at radius 1 is 1.07 bits per heavy atom. The van der Waals surface area contributed by atoms with Crippen LogP contribution in [-0.2, 0) is 18.0 Å². The first-order valence-electron chi connectivity index (χ1n) is 3.47. The highest BCUT2D eigenvalue weighted by atomic mass is 31.3. The molecule has 0 aliphatic carbocycles. The van der Waals surface area contributed by atoms with E-state index in [2.05, 4.69) is 8.83 Å². The average Bonchev–Trinajstić information content (AvgIpc) is 1.78. The van der Waals surface area contributed by atoms with Crippen LogP contribution >= 0.6 is 15.6 Å². The molecule has 0 radical (unpaired) electrons. The molecule has 14 heavy (non-hydrogen) atoms. The normalized spacial score (nSPS) is 15.9. The predicted octanol–water partition coefficient (Wildman–Crippen LogP) is 1.53. The molecule has 0 rings (SSSR count). The van der Waals surface area contributed by atoms with E-state index in [1.807, 2.05) is 0 Å². The highest BCUT2D eigenvalue weighted by molar-refractivity contribution is 7.60. The summed E-state index contributed by atoms with van der Waals surface area (Å²) in [6.45, 7) is 4.58. The molecular formula is C5H12O7P2. The van der Waals surface area contributed by atoms with Crippen molar-refractivity contribution in [3.05, 3.63) is 11.3 Å². The van der Waals surface area contributed by atoms with Gasteiger partial charge in [0.1, 0.15) is 5.76 Å². The average molecular weight is 246 g/mol. The minimum absolute atomic E-state index is 0.0734. The quantitative estimate of drug-likeness (QED) is 0.509. The Morgan fingerprint density at radius 2 is 1.50 bits per heavy atom. The van der Waals surface area contributed by atoms with Crippen molar-refractivity contribution in [2.75, 3.05) is 0 Å². The Kier molecular flexibility index (Phi) is 4.52. The molecule has 0 fully saturated rings. The van der Waals surface area contributed by atoms with Gasteiger partial charge >= 0.3 is 15.6 Å². The predicted molar refractivity (Wildman–Crippen MR) is 48.1 cm³/mol. The first-order chi connectivity index (χ1) is 6.03. The second kappa shape index (κ2) is 4.57. The van der Waals surface area contributed by atoms with Crippen LogP contribution in [0.1, 0.15) is 20.8 Å². The first kappa shape index (κ1) is 13.8. The van der Waals surface area contributed by atoms with Gasteiger partial charge in [-0.15, -0.1) is 0 Å². The summed E-state index contributed by atoms with van der Waals surface area (Å²) in [4.78, 5) is 25.4. The molecular weight excluding hydrogens is 234 g/mol. The Morgan fingerprint density at radius 3 is 1.79 bits per heavy atom. The largest absolute Gasteiger partial charge is 0.536 e. The van der Waals surface area contributed by atoms with Crippen LogP contribution in [0.3, 0.4) is 0 Å². The standard InChI is InChI=1S/C5H12O7P2/c1-4(2)5(3)11-14(9,10)12-13(6,7)8/h1-3H3,(H,9,10)(H2,6,7,8). The second-order valence-corrected chi connectivity index (χ2v) is 5.44. The molecule has 0 saturated carbocycles. The van der Waals surface area contributed by atoms with E-state index in [1.165, 1.54) is 6.92 Å². The monoisotopic (exact) mass is 246 g/mol. The molecule has 0 heterocycles. The van der Waals surface area contributed by atoms with Crippen molar-refractivity contribution in [3.63, 3.8) is 0 Å². The van der Waals surface area contributed by atoms with Crippen LogP contribution in [0.2, 0.25) is 0 Å². The Balaban J connectivity index is 4.61. The SMILES string of the molecule is CC(C)=C(C)OP(=O)(O)OP(=O)(O)O. The van der Waals surface area contributed by atoms with Crippen molar-refractivity contribution in [1.29, 1.82) is 0 Å². The molecule has 0 aromatic rings. The molecule has 1 atom stereocenters. The van der Waals surface area contributed by atoms with Crippen LogP contribution in [-0.4, -0.2) is 14.7 Å². The van der Waals surface area contributed by atoms with Crippen molar-refractivity contribution in [1.82, 2.24) is 0 Å². The Labute approximate surface area is 81.2 Å².